The van der Waals surface area contributed by atoms with Crippen molar-refractivity contribution < 1.29 is 15.7 Å². The molecule has 0 fully saturated rings. The average Bonchev–Trinajstić information content (AvgIpc) is 2.96. The van der Waals surface area contributed by atoms with Gasteiger partial charge in [0.05, 0.1) is 0 Å². The first-order chi connectivity index (χ1) is 20.0. The first kappa shape index (κ1) is 40.7. The van der Waals surface area contributed by atoms with Gasteiger partial charge in [0.1, 0.15) is 0 Å². The van der Waals surface area contributed by atoms with Crippen LogP contribution < -0.4 is 0 Å². The molecule has 41 heavy (non-hydrogen) atoms. The van der Waals surface area contributed by atoms with E-state index in [1.54, 1.807) is 0 Å². The normalized spacial score (nSPS) is 12.4. The maximum absolute atomic E-state index is 13.5. The molecule has 0 spiro atoms. The van der Waals surface area contributed by atoms with Gasteiger partial charge in [0, 0.05) is 0 Å². The number of hydrogen-bond donors (Lipinski definition) is 0. The molecule has 0 aromatic rings. The molecule has 1 unspecified atom stereocenters. The van der Waals surface area contributed by atoms with Crippen LogP contribution in [0.3, 0.4) is 0 Å². The Balaban J connectivity index is 5.27. The van der Waals surface area contributed by atoms with E-state index in [1.807, 2.05) is 0 Å². The van der Waals surface area contributed by atoms with Crippen LogP contribution in [0.5, 0.6) is 0 Å². The first-order valence-electron chi connectivity index (χ1n) is 18.4. The molecule has 0 aliphatic rings. The van der Waals surface area contributed by atoms with Crippen LogP contribution >= 0.6 is 0 Å². The van der Waals surface area contributed by atoms with Gasteiger partial charge in [-0.3, -0.25) is 0 Å². The van der Waals surface area contributed by atoms with Crippen LogP contribution in [0.25, 0.3) is 0 Å². The SMILES string of the molecule is CCCCCCCCCCCC(=O)[O][Sn]([CH2]CCCCCCC)([CH2]CCCCCCC)[O]C(=O)C(CC)CCCC. The van der Waals surface area contributed by atoms with Gasteiger partial charge in [0.25, 0.3) is 0 Å². The molecule has 0 amide bonds. The summed E-state index contributed by atoms with van der Waals surface area (Å²) in [6.07, 6.45) is 29.8. The summed E-state index contributed by atoms with van der Waals surface area (Å²) in [6, 6.07) is 0. The Morgan fingerprint density at radius 1 is 0.488 bits per heavy atom. The van der Waals surface area contributed by atoms with Crippen LogP contribution in [0.4, 0.5) is 0 Å². The van der Waals surface area contributed by atoms with Crippen molar-refractivity contribution in [1.29, 1.82) is 0 Å². The van der Waals surface area contributed by atoms with Gasteiger partial charge in [-0.05, 0) is 0 Å². The number of unbranched alkanes of at least 4 members (excludes halogenated alkanes) is 19. The van der Waals surface area contributed by atoms with E-state index in [4.69, 9.17) is 6.15 Å². The summed E-state index contributed by atoms with van der Waals surface area (Å²) >= 11 is -3.93. The molecule has 0 heterocycles. The van der Waals surface area contributed by atoms with Crippen LogP contribution in [0.15, 0.2) is 0 Å². The van der Waals surface area contributed by atoms with Gasteiger partial charge in [0.2, 0.25) is 0 Å². The summed E-state index contributed by atoms with van der Waals surface area (Å²) < 4.78 is 14.7. The van der Waals surface area contributed by atoms with Crippen molar-refractivity contribution in [3.05, 3.63) is 0 Å². The molecule has 0 N–H and O–H groups in total. The zero-order valence-corrected chi connectivity index (χ0v) is 31.4. The van der Waals surface area contributed by atoms with E-state index in [1.165, 1.54) is 96.3 Å². The van der Waals surface area contributed by atoms with Gasteiger partial charge in [-0.1, -0.05) is 6.92 Å². The number of hydrogen-bond acceptors (Lipinski definition) is 4. The molecule has 0 aromatic heterocycles. The number of carbonyl (C=O) groups excluding carboxylic acids is 2. The number of carbonyl (C=O) groups is 2. The molecule has 0 aromatic carbocycles. The monoisotopic (exact) mass is 688 g/mol. The predicted molar refractivity (Wildman–Crippen MR) is 179 cm³/mol. The van der Waals surface area contributed by atoms with E-state index in [0.717, 1.165) is 73.1 Å². The molecule has 4 nitrogen and oxygen atoms in total. The summed E-state index contributed by atoms with van der Waals surface area (Å²) in [4.78, 5) is 26.7. The fourth-order valence-electron chi connectivity index (χ4n) is 5.74. The van der Waals surface area contributed by atoms with Gasteiger partial charge < -0.3 is 0 Å². The molecule has 0 aliphatic carbocycles. The number of rotatable bonds is 31. The summed E-state index contributed by atoms with van der Waals surface area (Å²) in [5.74, 6) is -0.212. The fraction of sp³-hybridized carbons (Fsp3) is 0.944. The van der Waals surface area contributed by atoms with E-state index in [0.29, 0.717) is 6.42 Å². The molecule has 5 heteroatoms. The van der Waals surface area contributed by atoms with E-state index in [-0.39, 0.29) is 17.9 Å². The third-order valence-corrected chi connectivity index (χ3v) is 18.3. The van der Waals surface area contributed by atoms with Crippen molar-refractivity contribution in [2.45, 2.75) is 210 Å². The Morgan fingerprint density at radius 2 is 0.878 bits per heavy atom. The average molecular weight is 688 g/mol. The van der Waals surface area contributed by atoms with Crippen LogP contribution in [-0.2, 0) is 15.7 Å². The summed E-state index contributed by atoms with van der Waals surface area (Å²) in [7, 11) is 0. The van der Waals surface area contributed by atoms with Gasteiger partial charge in [-0.25, -0.2) is 0 Å². The van der Waals surface area contributed by atoms with Crippen molar-refractivity contribution in [3.8, 4) is 0 Å². The Labute approximate surface area is 262 Å². The first-order valence-corrected chi connectivity index (χ1v) is 24.8. The van der Waals surface area contributed by atoms with E-state index in [2.05, 4.69) is 34.6 Å². The molecule has 0 radical (unpaired) electrons. The van der Waals surface area contributed by atoms with Crippen molar-refractivity contribution in [1.82, 2.24) is 0 Å². The zero-order chi connectivity index (χ0) is 30.4. The Bertz CT molecular complexity index is 578. The van der Waals surface area contributed by atoms with Gasteiger partial charge in [-0.15, -0.1) is 0 Å². The topological polar surface area (TPSA) is 52.6 Å². The summed E-state index contributed by atoms with van der Waals surface area (Å²) in [5.41, 5.74) is 0. The van der Waals surface area contributed by atoms with Gasteiger partial charge >= 0.3 is 256 Å². The maximum atomic E-state index is 13.5. The van der Waals surface area contributed by atoms with Crippen LogP contribution in [0.2, 0.25) is 8.87 Å². The molecule has 0 rings (SSSR count). The van der Waals surface area contributed by atoms with Crippen molar-refractivity contribution in [2.75, 3.05) is 0 Å². The molecule has 1 atom stereocenters. The zero-order valence-electron chi connectivity index (χ0n) is 28.5. The summed E-state index contributed by atoms with van der Waals surface area (Å²) in [6.45, 7) is 11.0. The van der Waals surface area contributed by atoms with Crippen molar-refractivity contribution >= 4 is 31.1 Å². The predicted octanol–water partition coefficient (Wildman–Crippen LogP) is 12.4. The third kappa shape index (κ3) is 23.8. The molecular formula is C36H72O4Sn. The van der Waals surface area contributed by atoms with Crippen LogP contribution in [0, 0.1) is 5.92 Å². The standard InChI is InChI=1S/C12H24O2.C8H16O2.2C8H17.Sn/c1-2-3-4-5-6-7-8-9-10-11-12(13)14;1-3-5-6-7(4-2)8(9)10;2*1-3-5-7-8-6-4-2;/h2-11H2,1H3,(H,13,14);7H,3-6H2,1-2H3,(H,9,10);2*1,3-8H2,2H3;/q;;;;+2/p-2. The molecule has 0 aliphatic heterocycles. The molecule has 0 saturated heterocycles. The summed E-state index contributed by atoms with van der Waals surface area (Å²) in [5, 5.41) is 0. The van der Waals surface area contributed by atoms with Crippen molar-refractivity contribution in [2.24, 2.45) is 5.92 Å². The van der Waals surface area contributed by atoms with E-state index in [9.17, 15) is 9.59 Å². The minimum absolute atomic E-state index is 0.0591. The quantitative estimate of drug-likeness (QED) is 0.0538. The Kier molecular flexibility index (Phi) is 29.6. The van der Waals surface area contributed by atoms with Gasteiger partial charge in [0.15, 0.2) is 0 Å². The second-order valence-corrected chi connectivity index (χ2v) is 21.9. The molecule has 0 bridgehead atoms. The van der Waals surface area contributed by atoms with E-state index < -0.39 is 19.2 Å². The minimum atomic E-state index is -3.93. The Hall–Kier alpha value is -0.261. The van der Waals surface area contributed by atoms with E-state index >= 15 is 0 Å². The second-order valence-electron chi connectivity index (χ2n) is 12.7. The Morgan fingerprint density at radius 3 is 1.29 bits per heavy atom. The molecular weight excluding hydrogens is 615 g/mol. The third-order valence-electron chi connectivity index (χ3n) is 8.63. The van der Waals surface area contributed by atoms with Crippen LogP contribution in [-0.4, -0.2) is 31.1 Å². The van der Waals surface area contributed by atoms with Gasteiger partial charge in [-0.2, -0.15) is 0 Å². The van der Waals surface area contributed by atoms with Crippen LogP contribution in [0.1, 0.15) is 202 Å². The molecule has 244 valence electrons. The second kappa shape index (κ2) is 29.8. The van der Waals surface area contributed by atoms with Crippen molar-refractivity contribution in [3.63, 3.8) is 0 Å². The fourth-order valence-corrected chi connectivity index (χ4v) is 15.2. The molecule has 0 saturated carbocycles.